The van der Waals surface area contributed by atoms with Gasteiger partial charge in [0, 0.05) is 12.5 Å². The Morgan fingerprint density at radius 3 is 3.00 bits per heavy atom. The summed E-state index contributed by atoms with van der Waals surface area (Å²) in [5.74, 6) is 0.486. The van der Waals surface area contributed by atoms with Crippen molar-refractivity contribution in [2.45, 2.75) is 33.5 Å². The van der Waals surface area contributed by atoms with Crippen molar-refractivity contribution in [3.63, 3.8) is 0 Å². The molecular weight excluding hydrogens is 140 g/mol. The second-order valence-electron chi connectivity index (χ2n) is 3.11. The first-order chi connectivity index (χ1) is 5.24. The van der Waals surface area contributed by atoms with E-state index >= 15 is 0 Å². The van der Waals surface area contributed by atoms with E-state index in [-0.39, 0.29) is 6.29 Å². The quantitative estimate of drug-likeness (QED) is 0.610. The van der Waals surface area contributed by atoms with Crippen LogP contribution in [-0.4, -0.2) is 12.9 Å². The molecule has 0 saturated carbocycles. The van der Waals surface area contributed by atoms with Crippen molar-refractivity contribution in [3.05, 3.63) is 11.8 Å². The first-order valence-corrected chi connectivity index (χ1v) is 4.16. The average Bonchev–Trinajstić information content (AvgIpc) is 1.95. The van der Waals surface area contributed by atoms with E-state index in [1.165, 1.54) is 5.57 Å². The Balaban J connectivity index is 2.44. The molecular formula is C9H16O2. The molecule has 1 rings (SSSR count). The van der Waals surface area contributed by atoms with Crippen LogP contribution in [0.3, 0.4) is 0 Å². The van der Waals surface area contributed by atoms with Gasteiger partial charge in [0.05, 0.1) is 6.26 Å². The molecule has 0 amide bonds. The van der Waals surface area contributed by atoms with Gasteiger partial charge >= 0.3 is 0 Å². The van der Waals surface area contributed by atoms with E-state index in [1.54, 1.807) is 6.26 Å². The van der Waals surface area contributed by atoms with Gasteiger partial charge in [-0.3, -0.25) is 0 Å². The summed E-state index contributed by atoms with van der Waals surface area (Å²) in [4.78, 5) is 0. The van der Waals surface area contributed by atoms with Crippen LogP contribution < -0.4 is 0 Å². The monoisotopic (exact) mass is 156 g/mol. The molecule has 1 aliphatic heterocycles. The summed E-state index contributed by atoms with van der Waals surface area (Å²) in [6, 6.07) is 0. The predicted octanol–water partition coefficient (Wildman–Crippen LogP) is 2.31. The first-order valence-electron chi connectivity index (χ1n) is 4.16. The molecule has 0 aromatic rings. The zero-order chi connectivity index (χ0) is 8.27. The van der Waals surface area contributed by atoms with Crippen molar-refractivity contribution < 1.29 is 9.47 Å². The Morgan fingerprint density at radius 1 is 1.73 bits per heavy atom. The molecule has 0 bridgehead atoms. The molecule has 1 aliphatic rings. The molecule has 11 heavy (non-hydrogen) atoms. The Bertz CT molecular complexity index is 152. The minimum Gasteiger partial charge on any atom is -0.472 e. The van der Waals surface area contributed by atoms with E-state index < -0.39 is 0 Å². The van der Waals surface area contributed by atoms with Gasteiger partial charge in [0.15, 0.2) is 0 Å². The van der Waals surface area contributed by atoms with Gasteiger partial charge in [0.25, 0.3) is 0 Å². The highest BCUT2D eigenvalue weighted by atomic mass is 16.7. The number of hydrogen-bond donors (Lipinski definition) is 0. The Kier molecular flexibility index (Phi) is 2.94. The van der Waals surface area contributed by atoms with Gasteiger partial charge in [-0.15, -0.1) is 0 Å². The van der Waals surface area contributed by atoms with Gasteiger partial charge < -0.3 is 9.47 Å². The van der Waals surface area contributed by atoms with Crippen molar-refractivity contribution >= 4 is 0 Å². The topological polar surface area (TPSA) is 18.5 Å². The average molecular weight is 156 g/mol. The largest absolute Gasteiger partial charge is 0.472 e. The summed E-state index contributed by atoms with van der Waals surface area (Å²) in [5.41, 5.74) is 1.30. The fourth-order valence-corrected chi connectivity index (χ4v) is 1.34. The van der Waals surface area contributed by atoms with Gasteiger partial charge in [-0.2, -0.15) is 0 Å². The highest BCUT2D eigenvalue weighted by molar-refractivity contribution is 4.98. The summed E-state index contributed by atoms with van der Waals surface area (Å²) in [6.45, 7) is 6.94. The highest BCUT2D eigenvalue weighted by Gasteiger charge is 2.21. The summed E-state index contributed by atoms with van der Waals surface area (Å²) < 4.78 is 10.7. The molecule has 2 nitrogen and oxygen atoms in total. The number of allylic oxidation sites excluding steroid dienone is 1. The van der Waals surface area contributed by atoms with Gasteiger partial charge in [-0.05, 0) is 25.8 Å². The van der Waals surface area contributed by atoms with E-state index in [1.807, 2.05) is 6.92 Å². The lowest BCUT2D eigenvalue weighted by molar-refractivity contribution is -0.140. The predicted molar refractivity (Wildman–Crippen MR) is 44.0 cm³/mol. The molecule has 0 fully saturated rings. The summed E-state index contributed by atoms with van der Waals surface area (Å²) in [7, 11) is 0. The number of hydrogen-bond acceptors (Lipinski definition) is 2. The van der Waals surface area contributed by atoms with Crippen molar-refractivity contribution in [1.29, 1.82) is 0 Å². The summed E-state index contributed by atoms with van der Waals surface area (Å²) >= 11 is 0. The lowest BCUT2D eigenvalue weighted by Gasteiger charge is -2.27. The van der Waals surface area contributed by atoms with Crippen LogP contribution in [0.4, 0.5) is 0 Å². The van der Waals surface area contributed by atoms with E-state index in [0.717, 1.165) is 13.0 Å². The third kappa shape index (κ3) is 2.22. The van der Waals surface area contributed by atoms with Crippen LogP contribution in [0, 0.1) is 5.92 Å². The van der Waals surface area contributed by atoms with E-state index in [2.05, 4.69) is 13.8 Å². The lowest BCUT2D eigenvalue weighted by Crippen LogP contribution is -2.26. The van der Waals surface area contributed by atoms with E-state index in [9.17, 15) is 0 Å². The molecule has 0 N–H and O–H groups in total. The molecule has 0 spiro atoms. The molecule has 0 aromatic heterocycles. The summed E-state index contributed by atoms with van der Waals surface area (Å²) in [5, 5.41) is 0. The SMILES string of the molecule is CCOC1OC=C(C)CC1C. The fraction of sp³-hybridized carbons (Fsp3) is 0.778. The first kappa shape index (κ1) is 8.60. The van der Waals surface area contributed by atoms with Gasteiger partial charge in [-0.1, -0.05) is 6.92 Å². The third-order valence-corrected chi connectivity index (χ3v) is 1.84. The molecule has 0 aromatic carbocycles. The van der Waals surface area contributed by atoms with Crippen LogP contribution in [0.15, 0.2) is 11.8 Å². The maximum absolute atomic E-state index is 5.38. The maximum atomic E-state index is 5.38. The Labute approximate surface area is 68.2 Å². The van der Waals surface area contributed by atoms with Crippen LogP contribution >= 0.6 is 0 Å². The standard InChI is InChI=1S/C9H16O2/c1-4-10-9-8(3)5-7(2)6-11-9/h6,8-9H,4-5H2,1-3H3. The van der Waals surface area contributed by atoms with Crippen LogP contribution in [0.5, 0.6) is 0 Å². The number of ether oxygens (including phenoxy) is 2. The molecule has 0 aliphatic carbocycles. The molecule has 2 unspecified atom stereocenters. The normalized spacial score (nSPS) is 31.0. The van der Waals surface area contributed by atoms with Gasteiger partial charge in [0.2, 0.25) is 6.29 Å². The van der Waals surface area contributed by atoms with Gasteiger partial charge in [0.1, 0.15) is 0 Å². The zero-order valence-corrected chi connectivity index (χ0v) is 7.46. The van der Waals surface area contributed by atoms with Crippen LogP contribution in [0.25, 0.3) is 0 Å². The molecule has 2 atom stereocenters. The van der Waals surface area contributed by atoms with E-state index in [0.29, 0.717) is 5.92 Å². The second-order valence-corrected chi connectivity index (χ2v) is 3.11. The molecule has 2 heteroatoms. The molecule has 0 radical (unpaired) electrons. The molecule has 64 valence electrons. The van der Waals surface area contributed by atoms with Crippen LogP contribution in [-0.2, 0) is 9.47 Å². The van der Waals surface area contributed by atoms with Crippen molar-refractivity contribution in [2.75, 3.05) is 6.61 Å². The van der Waals surface area contributed by atoms with Crippen molar-refractivity contribution in [1.82, 2.24) is 0 Å². The third-order valence-electron chi connectivity index (χ3n) is 1.84. The Hall–Kier alpha value is -0.500. The Morgan fingerprint density at radius 2 is 2.45 bits per heavy atom. The lowest BCUT2D eigenvalue weighted by atomic mass is 10.0. The van der Waals surface area contributed by atoms with Crippen molar-refractivity contribution in [2.24, 2.45) is 5.92 Å². The zero-order valence-electron chi connectivity index (χ0n) is 7.46. The minimum atomic E-state index is -0.0244. The van der Waals surface area contributed by atoms with Crippen LogP contribution in [0.2, 0.25) is 0 Å². The van der Waals surface area contributed by atoms with Crippen LogP contribution in [0.1, 0.15) is 27.2 Å². The highest BCUT2D eigenvalue weighted by Crippen LogP contribution is 2.23. The smallest absolute Gasteiger partial charge is 0.201 e. The maximum Gasteiger partial charge on any atom is 0.201 e. The fourth-order valence-electron chi connectivity index (χ4n) is 1.34. The van der Waals surface area contributed by atoms with Crippen molar-refractivity contribution in [3.8, 4) is 0 Å². The second kappa shape index (κ2) is 3.77. The number of rotatable bonds is 2. The minimum absolute atomic E-state index is 0.0244. The van der Waals surface area contributed by atoms with Gasteiger partial charge in [-0.25, -0.2) is 0 Å². The van der Waals surface area contributed by atoms with E-state index in [4.69, 9.17) is 9.47 Å². The molecule has 1 heterocycles. The summed E-state index contributed by atoms with van der Waals surface area (Å²) in [6.07, 6.45) is 2.87. The molecule has 0 saturated heterocycles.